The lowest BCUT2D eigenvalue weighted by molar-refractivity contribution is 0.0983. The molecule has 0 aromatic heterocycles. The first-order valence-electron chi connectivity index (χ1n) is 4.69. The molecule has 82 valence electrons. The number of benzene rings is 1. The van der Waals surface area contributed by atoms with Gasteiger partial charge in [0, 0.05) is 18.5 Å². The second-order valence-corrected chi connectivity index (χ2v) is 3.77. The Bertz CT molecular complexity index is 379. The third-order valence-corrected chi connectivity index (χ3v) is 2.46. The summed E-state index contributed by atoms with van der Waals surface area (Å²) in [5.74, 6) is -0.541. The molecule has 0 aliphatic heterocycles. The highest BCUT2D eigenvalue weighted by atomic mass is 35.5. The molecule has 0 atom stereocenters. The maximum atomic E-state index is 13.2. The number of rotatable bonds is 4. The van der Waals surface area contributed by atoms with Crippen molar-refractivity contribution in [3.63, 3.8) is 0 Å². The third kappa shape index (κ3) is 3.01. The van der Waals surface area contributed by atoms with E-state index in [4.69, 9.17) is 11.6 Å². The van der Waals surface area contributed by atoms with E-state index >= 15 is 0 Å². The lowest BCUT2D eigenvalue weighted by Gasteiger charge is -2.05. The van der Waals surface area contributed by atoms with Gasteiger partial charge in [0.1, 0.15) is 5.82 Å². The Kier molecular flexibility index (Phi) is 4.24. The van der Waals surface area contributed by atoms with Crippen molar-refractivity contribution in [1.82, 2.24) is 5.32 Å². The van der Waals surface area contributed by atoms with Crippen LogP contribution in [-0.2, 0) is 0 Å². The van der Waals surface area contributed by atoms with Gasteiger partial charge in [0.05, 0.1) is 5.02 Å². The fraction of sp³-hybridized carbons (Fsp3) is 0.364. The number of carbonyl (C=O) groups excluding carboxylic acids is 1. The van der Waals surface area contributed by atoms with Gasteiger partial charge >= 0.3 is 0 Å². The van der Waals surface area contributed by atoms with Gasteiger partial charge in [-0.2, -0.15) is 0 Å². The Morgan fingerprint density at radius 3 is 2.80 bits per heavy atom. The van der Waals surface area contributed by atoms with E-state index in [0.29, 0.717) is 23.6 Å². The van der Waals surface area contributed by atoms with E-state index in [1.54, 1.807) is 14.0 Å². The summed E-state index contributed by atoms with van der Waals surface area (Å²) in [7, 11) is 1.75. The fourth-order valence-corrected chi connectivity index (χ4v) is 1.56. The smallest absolute Gasteiger partial charge is 0.165 e. The Morgan fingerprint density at radius 1 is 1.53 bits per heavy atom. The molecule has 0 fully saturated rings. The number of Topliss-reactive ketones (excluding diaryl/α,β-unsaturated/α-hetero) is 1. The molecule has 1 N–H and O–H groups in total. The molecule has 0 amide bonds. The van der Waals surface area contributed by atoms with Crippen LogP contribution in [0.2, 0.25) is 5.02 Å². The van der Waals surface area contributed by atoms with Crippen LogP contribution in [0.1, 0.15) is 22.3 Å². The molecule has 0 spiro atoms. The monoisotopic (exact) mass is 229 g/mol. The lowest BCUT2D eigenvalue weighted by atomic mass is 10.1. The minimum atomic E-state index is -0.396. The van der Waals surface area contributed by atoms with Crippen LogP contribution in [0.4, 0.5) is 4.39 Å². The van der Waals surface area contributed by atoms with Gasteiger partial charge in [-0.25, -0.2) is 4.39 Å². The fourth-order valence-electron chi connectivity index (χ4n) is 1.23. The van der Waals surface area contributed by atoms with Gasteiger partial charge in [-0.1, -0.05) is 11.6 Å². The average Bonchev–Trinajstić information content (AvgIpc) is 2.20. The zero-order chi connectivity index (χ0) is 11.4. The second kappa shape index (κ2) is 5.24. The molecule has 0 radical (unpaired) electrons. The first-order valence-corrected chi connectivity index (χ1v) is 5.07. The Morgan fingerprint density at radius 2 is 2.20 bits per heavy atom. The van der Waals surface area contributed by atoms with E-state index in [9.17, 15) is 9.18 Å². The van der Waals surface area contributed by atoms with Crippen molar-refractivity contribution in [2.24, 2.45) is 0 Å². The van der Waals surface area contributed by atoms with E-state index in [2.05, 4.69) is 5.32 Å². The first-order chi connectivity index (χ1) is 7.06. The largest absolute Gasteiger partial charge is 0.319 e. The molecular formula is C11H13ClFNO. The molecule has 0 bridgehead atoms. The number of halogens is 2. The zero-order valence-corrected chi connectivity index (χ0v) is 9.49. The molecule has 2 nitrogen and oxygen atoms in total. The van der Waals surface area contributed by atoms with Crippen molar-refractivity contribution in [3.05, 3.63) is 34.1 Å². The first kappa shape index (κ1) is 12.1. The van der Waals surface area contributed by atoms with Crippen LogP contribution in [0.5, 0.6) is 0 Å². The van der Waals surface area contributed by atoms with E-state index in [1.165, 1.54) is 12.1 Å². The number of aryl methyl sites for hydroxylation is 1. The predicted octanol–water partition coefficient (Wildman–Crippen LogP) is 2.58. The lowest BCUT2D eigenvalue weighted by Crippen LogP contribution is -2.13. The molecule has 1 rings (SSSR count). The van der Waals surface area contributed by atoms with Crippen molar-refractivity contribution in [3.8, 4) is 0 Å². The molecule has 15 heavy (non-hydrogen) atoms. The van der Waals surface area contributed by atoms with Gasteiger partial charge in [0.15, 0.2) is 5.78 Å². The highest BCUT2D eigenvalue weighted by Crippen LogP contribution is 2.21. The maximum Gasteiger partial charge on any atom is 0.165 e. The van der Waals surface area contributed by atoms with E-state index < -0.39 is 5.82 Å². The summed E-state index contributed by atoms with van der Waals surface area (Å²) in [6, 6.07) is 2.68. The average molecular weight is 230 g/mol. The number of hydrogen-bond acceptors (Lipinski definition) is 2. The van der Waals surface area contributed by atoms with E-state index in [1.807, 2.05) is 0 Å². The molecule has 0 unspecified atom stereocenters. The van der Waals surface area contributed by atoms with Crippen LogP contribution in [0.3, 0.4) is 0 Å². The van der Waals surface area contributed by atoms with Crippen LogP contribution in [-0.4, -0.2) is 19.4 Å². The summed E-state index contributed by atoms with van der Waals surface area (Å²) in [5.41, 5.74) is 0.709. The number of hydrogen-bond donors (Lipinski definition) is 1. The summed E-state index contributed by atoms with van der Waals surface area (Å²) in [4.78, 5) is 11.6. The summed E-state index contributed by atoms with van der Waals surface area (Å²) in [6.45, 7) is 2.17. The van der Waals surface area contributed by atoms with Crippen LogP contribution < -0.4 is 5.32 Å². The minimum absolute atomic E-state index is 0.145. The maximum absolute atomic E-state index is 13.2. The SMILES string of the molecule is CNCCC(=O)c1cc(F)c(C)cc1Cl. The normalized spacial score (nSPS) is 10.4. The highest BCUT2D eigenvalue weighted by Gasteiger charge is 2.12. The van der Waals surface area contributed by atoms with Gasteiger partial charge in [-0.15, -0.1) is 0 Å². The van der Waals surface area contributed by atoms with Gasteiger partial charge < -0.3 is 5.32 Å². The van der Waals surface area contributed by atoms with Crippen molar-refractivity contribution >= 4 is 17.4 Å². The Balaban J connectivity index is 2.94. The van der Waals surface area contributed by atoms with Crippen LogP contribution in [0.15, 0.2) is 12.1 Å². The molecule has 0 saturated carbocycles. The summed E-state index contributed by atoms with van der Waals surface area (Å²) >= 11 is 5.87. The van der Waals surface area contributed by atoms with Crippen LogP contribution in [0, 0.1) is 12.7 Å². The minimum Gasteiger partial charge on any atom is -0.319 e. The molecule has 0 saturated heterocycles. The molecular weight excluding hydrogens is 217 g/mol. The van der Waals surface area contributed by atoms with Crippen LogP contribution >= 0.6 is 11.6 Å². The molecule has 1 aromatic carbocycles. The molecule has 4 heteroatoms. The second-order valence-electron chi connectivity index (χ2n) is 3.36. The van der Waals surface area contributed by atoms with Crippen molar-refractivity contribution in [1.29, 1.82) is 0 Å². The van der Waals surface area contributed by atoms with Crippen molar-refractivity contribution < 1.29 is 9.18 Å². The molecule has 1 aromatic rings. The van der Waals surface area contributed by atoms with Crippen molar-refractivity contribution in [2.75, 3.05) is 13.6 Å². The number of ketones is 1. The van der Waals surface area contributed by atoms with Crippen molar-refractivity contribution in [2.45, 2.75) is 13.3 Å². The standard InChI is InChI=1S/C11H13ClFNO/c1-7-5-9(12)8(6-10(7)13)11(15)3-4-14-2/h5-6,14H,3-4H2,1-2H3. The summed E-state index contributed by atoms with van der Waals surface area (Å²) in [6.07, 6.45) is 0.318. The molecule has 0 aliphatic carbocycles. The number of carbonyl (C=O) groups is 1. The van der Waals surface area contributed by atoms with Gasteiger partial charge in [-0.3, -0.25) is 4.79 Å². The zero-order valence-electron chi connectivity index (χ0n) is 8.73. The summed E-state index contributed by atoms with van der Waals surface area (Å²) in [5, 5.41) is 3.17. The summed E-state index contributed by atoms with van der Waals surface area (Å²) < 4.78 is 13.2. The molecule has 0 heterocycles. The quantitative estimate of drug-likeness (QED) is 0.805. The third-order valence-electron chi connectivity index (χ3n) is 2.15. The predicted molar refractivity (Wildman–Crippen MR) is 59.0 cm³/mol. The van der Waals surface area contributed by atoms with E-state index in [-0.39, 0.29) is 11.3 Å². The topological polar surface area (TPSA) is 29.1 Å². The highest BCUT2D eigenvalue weighted by molar-refractivity contribution is 6.34. The Hall–Kier alpha value is -0.930. The number of nitrogens with one attached hydrogen (secondary N) is 1. The van der Waals surface area contributed by atoms with E-state index in [0.717, 1.165) is 0 Å². The Labute approximate surface area is 93.4 Å². The van der Waals surface area contributed by atoms with Gasteiger partial charge in [0.25, 0.3) is 0 Å². The molecule has 0 aliphatic rings. The van der Waals surface area contributed by atoms with Gasteiger partial charge in [0.2, 0.25) is 0 Å². The van der Waals surface area contributed by atoms with Crippen LogP contribution in [0.25, 0.3) is 0 Å². The van der Waals surface area contributed by atoms with Gasteiger partial charge in [-0.05, 0) is 31.7 Å².